The molecule has 16 heavy (non-hydrogen) atoms. The lowest BCUT2D eigenvalue weighted by molar-refractivity contribution is -0.00343. The highest BCUT2D eigenvalue weighted by Gasteiger charge is 2.21. The molecule has 2 heterocycles. The van der Waals surface area contributed by atoms with E-state index in [2.05, 4.69) is 10.3 Å². The van der Waals surface area contributed by atoms with Crippen molar-refractivity contribution < 1.29 is 9.53 Å². The molecule has 2 aromatic rings. The summed E-state index contributed by atoms with van der Waals surface area (Å²) in [5.74, 6) is -0.0404. The van der Waals surface area contributed by atoms with Crippen molar-refractivity contribution in [3.8, 4) is 0 Å². The molecule has 1 saturated heterocycles. The van der Waals surface area contributed by atoms with E-state index in [1.165, 1.54) is 0 Å². The van der Waals surface area contributed by atoms with Crippen molar-refractivity contribution in [1.82, 2.24) is 10.3 Å². The number of H-pyrrole nitrogens is 1. The Kier molecular flexibility index (Phi) is 2.15. The first-order valence-electron chi connectivity index (χ1n) is 5.29. The molecule has 1 aromatic heterocycles. The Morgan fingerprint density at radius 1 is 1.38 bits per heavy atom. The van der Waals surface area contributed by atoms with Gasteiger partial charge < -0.3 is 15.0 Å². The van der Waals surface area contributed by atoms with Crippen molar-refractivity contribution in [2.24, 2.45) is 0 Å². The Bertz CT molecular complexity index is 529. The molecule has 0 saturated carbocycles. The number of aromatic amines is 1. The van der Waals surface area contributed by atoms with Gasteiger partial charge in [0.15, 0.2) is 0 Å². The number of para-hydroxylation sites is 1. The minimum absolute atomic E-state index is 0.0404. The molecule has 4 nitrogen and oxygen atoms in total. The van der Waals surface area contributed by atoms with Gasteiger partial charge >= 0.3 is 0 Å². The monoisotopic (exact) mass is 216 g/mol. The van der Waals surface area contributed by atoms with Crippen LogP contribution in [-0.2, 0) is 4.74 Å². The molecule has 1 fully saturated rings. The molecular formula is C12H12N2O2. The third kappa shape index (κ3) is 1.47. The largest absolute Gasteiger partial charge is 0.377 e. The number of ether oxygens (including phenoxy) is 1. The summed E-state index contributed by atoms with van der Waals surface area (Å²) in [6.07, 6.45) is 1.84. The number of rotatable bonds is 2. The Morgan fingerprint density at radius 2 is 2.25 bits per heavy atom. The smallest absolute Gasteiger partial charge is 0.253 e. The zero-order chi connectivity index (χ0) is 11.0. The first kappa shape index (κ1) is 9.42. The topological polar surface area (TPSA) is 54.1 Å². The van der Waals surface area contributed by atoms with E-state index in [0.29, 0.717) is 18.8 Å². The van der Waals surface area contributed by atoms with Crippen molar-refractivity contribution >= 4 is 16.8 Å². The number of fused-ring (bicyclic) bond motifs is 1. The molecule has 0 spiro atoms. The lowest BCUT2D eigenvalue weighted by atomic mass is 10.1. The lowest BCUT2D eigenvalue weighted by Crippen LogP contribution is -2.48. The van der Waals surface area contributed by atoms with E-state index in [-0.39, 0.29) is 11.9 Å². The van der Waals surface area contributed by atoms with E-state index in [1.54, 1.807) is 0 Å². The third-order valence-corrected chi connectivity index (χ3v) is 2.81. The van der Waals surface area contributed by atoms with Gasteiger partial charge in [-0.15, -0.1) is 0 Å². The average molecular weight is 216 g/mol. The highest BCUT2D eigenvalue weighted by atomic mass is 16.5. The summed E-state index contributed by atoms with van der Waals surface area (Å²) < 4.78 is 5.02. The Morgan fingerprint density at radius 3 is 3.00 bits per heavy atom. The zero-order valence-electron chi connectivity index (χ0n) is 8.69. The zero-order valence-corrected chi connectivity index (χ0v) is 8.69. The molecule has 0 atom stereocenters. The van der Waals surface area contributed by atoms with Gasteiger partial charge in [-0.25, -0.2) is 0 Å². The number of nitrogens with one attached hydrogen (secondary N) is 2. The molecule has 3 rings (SSSR count). The summed E-state index contributed by atoms with van der Waals surface area (Å²) in [4.78, 5) is 15.1. The summed E-state index contributed by atoms with van der Waals surface area (Å²) >= 11 is 0. The van der Waals surface area contributed by atoms with Crippen molar-refractivity contribution in [3.05, 3.63) is 36.0 Å². The molecule has 1 aliphatic heterocycles. The maximum atomic E-state index is 12.0. The average Bonchev–Trinajstić information content (AvgIpc) is 2.70. The number of hydrogen-bond donors (Lipinski definition) is 2. The van der Waals surface area contributed by atoms with E-state index in [1.807, 2.05) is 30.5 Å². The van der Waals surface area contributed by atoms with E-state index < -0.39 is 0 Å². The van der Waals surface area contributed by atoms with Gasteiger partial charge in [0, 0.05) is 11.6 Å². The molecule has 1 amide bonds. The Labute approximate surface area is 92.6 Å². The first-order valence-corrected chi connectivity index (χ1v) is 5.29. The van der Waals surface area contributed by atoms with Gasteiger partial charge in [-0.1, -0.05) is 12.1 Å². The Hall–Kier alpha value is -1.81. The molecule has 4 heteroatoms. The highest BCUT2D eigenvalue weighted by Crippen LogP contribution is 2.17. The number of amides is 1. The van der Waals surface area contributed by atoms with Crippen LogP contribution in [0.1, 0.15) is 10.4 Å². The van der Waals surface area contributed by atoms with Gasteiger partial charge in [0.05, 0.1) is 30.3 Å². The predicted octanol–water partition coefficient (Wildman–Crippen LogP) is 1.30. The van der Waals surface area contributed by atoms with Crippen LogP contribution >= 0.6 is 0 Å². The molecule has 0 radical (unpaired) electrons. The number of aromatic nitrogens is 1. The van der Waals surface area contributed by atoms with Crippen molar-refractivity contribution in [1.29, 1.82) is 0 Å². The highest BCUT2D eigenvalue weighted by molar-refractivity contribution is 6.05. The SMILES string of the molecule is O=C(NC1COC1)c1cccc2cc[nH]c12. The minimum Gasteiger partial charge on any atom is -0.377 e. The molecule has 1 aliphatic rings. The molecular weight excluding hydrogens is 204 g/mol. The van der Waals surface area contributed by atoms with Crippen LogP contribution in [0.2, 0.25) is 0 Å². The van der Waals surface area contributed by atoms with Gasteiger partial charge in [-0.3, -0.25) is 4.79 Å². The van der Waals surface area contributed by atoms with Crippen LogP contribution in [0.4, 0.5) is 0 Å². The fourth-order valence-electron chi connectivity index (χ4n) is 1.86. The second kappa shape index (κ2) is 3.64. The van der Waals surface area contributed by atoms with Crippen LogP contribution in [0.25, 0.3) is 10.9 Å². The van der Waals surface area contributed by atoms with Crippen LogP contribution in [0, 0.1) is 0 Å². The fraction of sp³-hybridized carbons (Fsp3) is 0.250. The van der Waals surface area contributed by atoms with Crippen molar-refractivity contribution in [2.45, 2.75) is 6.04 Å². The van der Waals surface area contributed by atoms with Crippen LogP contribution in [0.15, 0.2) is 30.5 Å². The van der Waals surface area contributed by atoms with Gasteiger partial charge in [0.2, 0.25) is 0 Å². The standard InChI is InChI=1S/C12H12N2O2/c15-12(14-9-6-16-7-9)10-3-1-2-8-4-5-13-11(8)10/h1-5,9,13H,6-7H2,(H,14,15). The second-order valence-electron chi connectivity index (χ2n) is 3.96. The molecule has 82 valence electrons. The predicted molar refractivity (Wildman–Crippen MR) is 60.4 cm³/mol. The molecule has 0 bridgehead atoms. The molecule has 0 unspecified atom stereocenters. The minimum atomic E-state index is -0.0404. The summed E-state index contributed by atoms with van der Waals surface area (Å²) in [7, 11) is 0. The quantitative estimate of drug-likeness (QED) is 0.795. The molecule has 2 N–H and O–H groups in total. The first-order chi connectivity index (χ1) is 7.84. The Balaban J connectivity index is 1.91. The van der Waals surface area contributed by atoms with Gasteiger partial charge in [-0.2, -0.15) is 0 Å². The second-order valence-corrected chi connectivity index (χ2v) is 3.96. The van der Waals surface area contributed by atoms with Crippen LogP contribution in [0.3, 0.4) is 0 Å². The van der Waals surface area contributed by atoms with Crippen molar-refractivity contribution in [2.75, 3.05) is 13.2 Å². The lowest BCUT2D eigenvalue weighted by Gasteiger charge is -2.26. The van der Waals surface area contributed by atoms with Gasteiger partial charge in [0.25, 0.3) is 5.91 Å². The van der Waals surface area contributed by atoms with E-state index >= 15 is 0 Å². The number of benzene rings is 1. The number of carbonyl (C=O) groups is 1. The van der Waals surface area contributed by atoms with E-state index in [0.717, 1.165) is 10.9 Å². The normalized spacial score (nSPS) is 16.0. The summed E-state index contributed by atoms with van der Waals surface area (Å²) in [6, 6.07) is 7.82. The summed E-state index contributed by atoms with van der Waals surface area (Å²) in [5.41, 5.74) is 1.58. The van der Waals surface area contributed by atoms with Crippen LogP contribution in [0.5, 0.6) is 0 Å². The van der Waals surface area contributed by atoms with E-state index in [4.69, 9.17) is 4.74 Å². The van der Waals surface area contributed by atoms with Crippen LogP contribution < -0.4 is 5.32 Å². The summed E-state index contributed by atoms with van der Waals surface area (Å²) in [6.45, 7) is 1.24. The third-order valence-electron chi connectivity index (χ3n) is 2.81. The van der Waals surface area contributed by atoms with Crippen molar-refractivity contribution in [3.63, 3.8) is 0 Å². The van der Waals surface area contributed by atoms with Gasteiger partial charge in [-0.05, 0) is 12.1 Å². The van der Waals surface area contributed by atoms with E-state index in [9.17, 15) is 4.79 Å². The maximum Gasteiger partial charge on any atom is 0.253 e. The van der Waals surface area contributed by atoms with Crippen LogP contribution in [-0.4, -0.2) is 30.1 Å². The fourth-order valence-corrected chi connectivity index (χ4v) is 1.86. The molecule has 0 aliphatic carbocycles. The number of carbonyl (C=O) groups excluding carboxylic acids is 1. The van der Waals surface area contributed by atoms with Gasteiger partial charge in [0.1, 0.15) is 0 Å². The number of hydrogen-bond acceptors (Lipinski definition) is 2. The summed E-state index contributed by atoms with van der Waals surface area (Å²) in [5, 5.41) is 3.98. The maximum absolute atomic E-state index is 12.0. The molecule has 1 aromatic carbocycles.